The van der Waals surface area contributed by atoms with E-state index in [0.29, 0.717) is 40.9 Å². The van der Waals surface area contributed by atoms with Crippen LogP contribution in [0.1, 0.15) is 17.5 Å². The second-order valence-corrected chi connectivity index (χ2v) is 7.72. The third kappa shape index (κ3) is 3.94. The van der Waals surface area contributed by atoms with E-state index in [0.717, 1.165) is 15.6 Å². The van der Waals surface area contributed by atoms with E-state index >= 15 is 0 Å². The predicted molar refractivity (Wildman–Crippen MR) is 114 cm³/mol. The normalized spacial score (nSPS) is 12.2. The highest BCUT2D eigenvalue weighted by atomic mass is 35.5. The molecule has 2 aromatic heterocycles. The molecular weight excluding hydrogens is 412 g/mol. The maximum absolute atomic E-state index is 12.9. The monoisotopic (exact) mass is 430 g/mol. The summed E-state index contributed by atoms with van der Waals surface area (Å²) in [6.45, 7) is 3.48. The van der Waals surface area contributed by atoms with Gasteiger partial charge >= 0.3 is 5.91 Å². The molecule has 0 radical (unpaired) electrons. The summed E-state index contributed by atoms with van der Waals surface area (Å²) < 4.78 is 19.5. The van der Waals surface area contributed by atoms with Gasteiger partial charge in [0.2, 0.25) is 0 Å². The molecule has 29 heavy (non-hydrogen) atoms. The molecule has 0 bridgehead atoms. The summed E-state index contributed by atoms with van der Waals surface area (Å²) in [6.07, 6.45) is 0. The molecule has 0 spiro atoms. The first kappa shape index (κ1) is 19.7. The van der Waals surface area contributed by atoms with Gasteiger partial charge in [-0.05, 0) is 37.3 Å². The SMILES string of the molecule is CCOc1cccc2cc(C(=O)N=c3sc4cc(Cl)ccc4n3CCOC)oc12. The van der Waals surface area contributed by atoms with Crippen LogP contribution in [0.25, 0.3) is 21.2 Å². The lowest BCUT2D eigenvalue weighted by molar-refractivity contribution is 0.0973. The third-order valence-corrected chi connectivity index (χ3v) is 5.66. The molecule has 2 heterocycles. The van der Waals surface area contributed by atoms with Crippen LogP contribution in [0.3, 0.4) is 0 Å². The minimum absolute atomic E-state index is 0.168. The van der Waals surface area contributed by atoms with Crippen LogP contribution >= 0.6 is 22.9 Å². The first-order chi connectivity index (χ1) is 14.1. The summed E-state index contributed by atoms with van der Waals surface area (Å²) in [7, 11) is 1.64. The Balaban J connectivity index is 1.79. The lowest BCUT2D eigenvalue weighted by Crippen LogP contribution is -2.19. The average molecular weight is 431 g/mol. The molecule has 0 unspecified atom stereocenters. The van der Waals surface area contributed by atoms with E-state index in [2.05, 4.69) is 4.99 Å². The molecule has 0 N–H and O–H groups in total. The largest absolute Gasteiger partial charge is 0.490 e. The van der Waals surface area contributed by atoms with Crippen LogP contribution in [0, 0.1) is 0 Å². The second kappa shape index (κ2) is 8.41. The topological polar surface area (TPSA) is 66.0 Å². The van der Waals surface area contributed by atoms with Gasteiger partial charge in [-0.15, -0.1) is 0 Å². The number of hydrogen-bond acceptors (Lipinski definition) is 5. The zero-order chi connectivity index (χ0) is 20.4. The van der Waals surface area contributed by atoms with E-state index in [9.17, 15) is 4.79 Å². The molecule has 4 rings (SSSR count). The molecule has 0 aliphatic rings. The molecule has 6 nitrogen and oxygen atoms in total. The van der Waals surface area contributed by atoms with Gasteiger partial charge in [0, 0.05) is 24.1 Å². The number of rotatable bonds is 6. The van der Waals surface area contributed by atoms with Gasteiger partial charge in [0.05, 0.1) is 23.4 Å². The molecule has 0 saturated heterocycles. The van der Waals surface area contributed by atoms with Gasteiger partial charge in [0.25, 0.3) is 0 Å². The number of furan rings is 1. The smallest absolute Gasteiger partial charge is 0.315 e. The van der Waals surface area contributed by atoms with E-state index < -0.39 is 5.91 Å². The highest BCUT2D eigenvalue weighted by Gasteiger charge is 2.16. The maximum Gasteiger partial charge on any atom is 0.315 e. The molecule has 0 fully saturated rings. The Morgan fingerprint density at radius 3 is 2.93 bits per heavy atom. The Hall–Kier alpha value is -2.61. The minimum atomic E-state index is -0.451. The maximum atomic E-state index is 12.9. The number of methoxy groups -OCH3 is 1. The van der Waals surface area contributed by atoms with Crippen molar-refractivity contribution in [3.05, 3.63) is 58.0 Å². The molecular formula is C21H19ClN2O4S. The molecule has 150 valence electrons. The van der Waals surface area contributed by atoms with Gasteiger partial charge in [-0.25, -0.2) is 0 Å². The number of carbonyl (C=O) groups is 1. The highest BCUT2D eigenvalue weighted by Crippen LogP contribution is 2.29. The van der Waals surface area contributed by atoms with Gasteiger partial charge < -0.3 is 18.5 Å². The molecule has 0 aliphatic carbocycles. The van der Waals surface area contributed by atoms with E-state index in [1.54, 1.807) is 13.2 Å². The zero-order valence-electron chi connectivity index (χ0n) is 16.0. The highest BCUT2D eigenvalue weighted by molar-refractivity contribution is 7.16. The molecule has 2 aromatic carbocycles. The number of thiazole rings is 1. The minimum Gasteiger partial charge on any atom is -0.490 e. The first-order valence-corrected chi connectivity index (χ1v) is 10.3. The number of para-hydroxylation sites is 1. The summed E-state index contributed by atoms with van der Waals surface area (Å²) in [6, 6.07) is 12.8. The van der Waals surface area contributed by atoms with Crippen molar-refractivity contribution in [3.63, 3.8) is 0 Å². The van der Waals surface area contributed by atoms with Crippen LogP contribution in [0.2, 0.25) is 5.02 Å². The summed E-state index contributed by atoms with van der Waals surface area (Å²) in [5.74, 6) is 0.323. The summed E-state index contributed by atoms with van der Waals surface area (Å²) >= 11 is 7.52. The quantitative estimate of drug-likeness (QED) is 0.437. The molecule has 0 aliphatic heterocycles. The van der Waals surface area contributed by atoms with Gasteiger partial charge in [0.15, 0.2) is 21.9 Å². The standard InChI is InChI=1S/C21H19ClN2O4S/c1-3-27-16-6-4-5-13-11-17(28-19(13)16)20(25)23-21-24(9-10-26-2)15-8-7-14(22)12-18(15)29-21/h4-8,11-12H,3,9-10H2,1-2H3. The number of halogens is 1. The van der Waals surface area contributed by atoms with Crippen LogP contribution in [0.15, 0.2) is 51.9 Å². The molecule has 4 aromatic rings. The Labute approximate surface area is 175 Å². The van der Waals surface area contributed by atoms with Crippen LogP contribution in [0.4, 0.5) is 0 Å². The van der Waals surface area contributed by atoms with Crippen molar-refractivity contribution in [1.29, 1.82) is 0 Å². The predicted octanol–water partition coefficient (Wildman–Crippen LogP) is 4.89. The molecule has 0 saturated carbocycles. The Bertz CT molecular complexity index is 1250. The van der Waals surface area contributed by atoms with Crippen molar-refractivity contribution >= 4 is 50.0 Å². The van der Waals surface area contributed by atoms with E-state index in [-0.39, 0.29) is 5.76 Å². The van der Waals surface area contributed by atoms with Crippen LogP contribution in [-0.2, 0) is 11.3 Å². The van der Waals surface area contributed by atoms with Crippen molar-refractivity contribution in [2.45, 2.75) is 13.5 Å². The summed E-state index contributed by atoms with van der Waals surface area (Å²) in [5, 5.41) is 1.43. The van der Waals surface area contributed by atoms with Crippen molar-refractivity contribution in [3.8, 4) is 5.75 Å². The average Bonchev–Trinajstić information content (AvgIpc) is 3.28. The van der Waals surface area contributed by atoms with Gasteiger partial charge in [0.1, 0.15) is 0 Å². The van der Waals surface area contributed by atoms with Gasteiger partial charge in [-0.1, -0.05) is 35.1 Å². The van der Waals surface area contributed by atoms with E-state index in [1.807, 2.05) is 47.9 Å². The fourth-order valence-electron chi connectivity index (χ4n) is 3.08. The van der Waals surface area contributed by atoms with Crippen LogP contribution in [0.5, 0.6) is 5.75 Å². The fraction of sp³-hybridized carbons (Fsp3) is 0.238. The fourth-order valence-corrected chi connectivity index (χ4v) is 4.41. The number of amides is 1. The van der Waals surface area contributed by atoms with Crippen LogP contribution < -0.4 is 9.54 Å². The van der Waals surface area contributed by atoms with Crippen LogP contribution in [-0.4, -0.2) is 30.8 Å². The summed E-state index contributed by atoms with van der Waals surface area (Å²) in [4.78, 5) is 17.8. The van der Waals surface area contributed by atoms with Crippen molar-refractivity contribution in [2.75, 3.05) is 20.3 Å². The molecule has 0 atom stereocenters. The summed E-state index contributed by atoms with van der Waals surface area (Å²) in [5.41, 5.74) is 1.49. The Morgan fingerprint density at radius 2 is 2.14 bits per heavy atom. The Morgan fingerprint density at radius 1 is 1.28 bits per heavy atom. The van der Waals surface area contributed by atoms with Crippen molar-refractivity contribution in [1.82, 2.24) is 4.57 Å². The van der Waals surface area contributed by atoms with E-state index in [4.69, 9.17) is 25.5 Å². The number of nitrogens with zero attached hydrogens (tertiary/aromatic N) is 2. The number of fused-ring (bicyclic) bond motifs is 2. The molecule has 8 heteroatoms. The number of hydrogen-bond donors (Lipinski definition) is 0. The number of ether oxygens (including phenoxy) is 2. The van der Waals surface area contributed by atoms with Gasteiger partial charge in [-0.3, -0.25) is 4.79 Å². The number of aromatic nitrogens is 1. The first-order valence-electron chi connectivity index (χ1n) is 9.13. The van der Waals surface area contributed by atoms with E-state index in [1.165, 1.54) is 11.3 Å². The third-order valence-electron chi connectivity index (χ3n) is 4.38. The van der Waals surface area contributed by atoms with Gasteiger partial charge in [-0.2, -0.15) is 4.99 Å². The zero-order valence-corrected chi connectivity index (χ0v) is 17.5. The van der Waals surface area contributed by atoms with Crippen molar-refractivity contribution in [2.24, 2.45) is 4.99 Å². The number of benzene rings is 2. The Kier molecular flexibility index (Phi) is 5.71. The second-order valence-electron chi connectivity index (χ2n) is 6.28. The lowest BCUT2D eigenvalue weighted by Gasteiger charge is -2.04. The molecule has 1 amide bonds. The number of carbonyl (C=O) groups excluding carboxylic acids is 1. The van der Waals surface area contributed by atoms with Crippen molar-refractivity contribution < 1.29 is 18.7 Å². The lowest BCUT2D eigenvalue weighted by atomic mass is 10.2.